The van der Waals surface area contributed by atoms with Gasteiger partial charge in [-0.05, 0) is 35.0 Å². The molecule has 0 N–H and O–H groups in total. The van der Waals surface area contributed by atoms with Gasteiger partial charge in [-0.2, -0.15) is 4.31 Å². The van der Waals surface area contributed by atoms with Crippen LogP contribution in [0.2, 0.25) is 0 Å². The molecule has 0 spiro atoms. The number of para-hydroxylation sites is 1. The third-order valence-corrected chi connectivity index (χ3v) is 6.69. The fraction of sp³-hybridized carbons (Fsp3) is 0.200. The number of nitrogens with zero attached hydrogens (tertiary/aromatic N) is 2. The van der Waals surface area contributed by atoms with Crippen molar-refractivity contribution in [3.63, 3.8) is 0 Å². The van der Waals surface area contributed by atoms with Crippen LogP contribution in [0.3, 0.4) is 0 Å². The molecular formula is C20H19FN2O2S. The van der Waals surface area contributed by atoms with E-state index in [2.05, 4.69) is 0 Å². The largest absolute Gasteiger partial charge is 0.367 e. The Bertz CT molecular complexity index is 1040. The molecule has 0 aromatic heterocycles. The molecule has 0 aliphatic carbocycles. The average Bonchev–Trinajstić information content (AvgIpc) is 2.68. The van der Waals surface area contributed by atoms with Gasteiger partial charge < -0.3 is 4.90 Å². The molecule has 1 aliphatic heterocycles. The van der Waals surface area contributed by atoms with Crippen molar-refractivity contribution >= 4 is 26.5 Å². The zero-order valence-electron chi connectivity index (χ0n) is 14.2. The van der Waals surface area contributed by atoms with E-state index in [1.165, 1.54) is 10.4 Å². The van der Waals surface area contributed by atoms with E-state index in [1.807, 2.05) is 35.2 Å². The van der Waals surface area contributed by atoms with Gasteiger partial charge in [-0.15, -0.1) is 0 Å². The van der Waals surface area contributed by atoms with Gasteiger partial charge in [0.2, 0.25) is 10.0 Å². The Morgan fingerprint density at radius 2 is 1.42 bits per heavy atom. The predicted octanol–water partition coefficient (Wildman–Crippen LogP) is 3.49. The van der Waals surface area contributed by atoms with Gasteiger partial charge in [0.1, 0.15) is 5.82 Å². The third kappa shape index (κ3) is 3.06. The van der Waals surface area contributed by atoms with Crippen LogP contribution in [0.25, 0.3) is 10.8 Å². The lowest BCUT2D eigenvalue weighted by Gasteiger charge is -2.35. The second kappa shape index (κ2) is 6.70. The van der Waals surface area contributed by atoms with E-state index in [4.69, 9.17) is 0 Å². The van der Waals surface area contributed by atoms with E-state index in [9.17, 15) is 12.8 Å². The lowest BCUT2D eigenvalue weighted by molar-refractivity contribution is 0.383. The van der Waals surface area contributed by atoms with Gasteiger partial charge in [-0.25, -0.2) is 12.8 Å². The van der Waals surface area contributed by atoms with E-state index in [0.29, 0.717) is 36.8 Å². The number of piperazine rings is 1. The van der Waals surface area contributed by atoms with Crippen molar-refractivity contribution in [3.05, 3.63) is 72.5 Å². The minimum atomic E-state index is -3.56. The first-order chi connectivity index (χ1) is 12.6. The molecule has 6 heteroatoms. The number of hydrogen-bond donors (Lipinski definition) is 0. The number of hydrogen-bond acceptors (Lipinski definition) is 3. The summed E-state index contributed by atoms with van der Waals surface area (Å²) in [4.78, 5) is 2.19. The summed E-state index contributed by atoms with van der Waals surface area (Å²) in [6.45, 7) is 1.61. The Kier molecular flexibility index (Phi) is 4.38. The molecule has 1 heterocycles. The van der Waals surface area contributed by atoms with Crippen molar-refractivity contribution in [3.8, 4) is 0 Å². The fourth-order valence-electron chi connectivity index (χ4n) is 3.35. The lowest BCUT2D eigenvalue weighted by atomic mass is 10.1. The van der Waals surface area contributed by atoms with Gasteiger partial charge in [0.15, 0.2) is 0 Å². The predicted molar refractivity (Wildman–Crippen MR) is 101 cm³/mol. The molecule has 134 valence electrons. The third-order valence-electron chi connectivity index (χ3n) is 4.79. The van der Waals surface area contributed by atoms with Crippen LogP contribution < -0.4 is 4.90 Å². The molecule has 0 saturated carbocycles. The van der Waals surface area contributed by atoms with Crippen LogP contribution >= 0.6 is 0 Å². The Hall–Kier alpha value is -2.44. The molecule has 3 aromatic rings. The van der Waals surface area contributed by atoms with Crippen molar-refractivity contribution in [2.75, 3.05) is 31.1 Å². The second-order valence-corrected chi connectivity index (χ2v) is 8.29. The van der Waals surface area contributed by atoms with Crippen molar-refractivity contribution in [1.29, 1.82) is 0 Å². The minimum Gasteiger partial charge on any atom is -0.367 e. The van der Waals surface area contributed by atoms with Crippen LogP contribution in [0.4, 0.5) is 10.1 Å². The van der Waals surface area contributed by atoms with Crippen LogP contribution in [-0.2, 0) is 10.0 Å². The van der Waals surface area contributed by atoms with Crippen LogP contribution in [-0.4, -0.2) is 38.9 Å². The van der Waals surface area contributed by atoms with Crippen LogP contribution in [0, 0.1) is 5.82 Å². The molecule has 1 fully saturated rings. The number of anilines is 1. The molecule has 1 aliphatic rings. The molecule has 0 bridgehead atoms. The van der Waals surface area contributed by atoms with E-state index in [1.54, 1.807) is 30.3 Å². The molecule has 4 rings (SSSR count). The van der Waals surface area contributed by atoms with Crippen LogP contribution in [0.15, 0.2) is 71.6 Å². The first-order valence-electron chi connectivity index (χ1n) is 8.54. The van der Waals surface area contributed by atoms with Gasteiger partial charge in [0, 0.05) is 26.2 Å². The van der Waals surface area contributed by atoms with E-state index < -0.39 is 10.0 Å². The number of halogens is 1. The van der Waals surface area contributed by atoms with Gasteiger partial charge in [-0.1, -0.05) is 42.5 Å². The number of sulfonamides is 1. The number of fused-ring (bicyclic) bond motifs is 1. The maximum atomic E-state index is 13.9. The Labute approximate surface area is 152 Å². The van der Waals surface area contributed by atoms with Crippen LogP contribution in [0.1, 0.15) is 0 Å². The fourth-order valence-corrected chi connectivity index (χ4v) is 4.81. The first-order valence-corrected chi connectivity index (χ1v) is 9.98. The quantitative estimate of drug-likeness (QED) is 0.709. The summed E-state index contributed by atoms with van der Waals surface area (Å²) in [5.41, 5.74) is 0.523. The summed E-state index contributed by atoms with van der Waals surface area (Å²) >= 11 is 0. The van der Waals surface area contributed by atoms with Gasteiger partial charge in [0.05, 0.1) is 10.6 Å². The van der Waals surface area contributed by atoms with E-state index in [0.717, 1.165) is 10.8 Å². The highest BCUT2D eigenvalue weighted by atomic mass is 32.2. The molecule has 3 aromatic carbocycles. The molecule has 0 amide bonds. The highest BCUT2D eigenvalue weighted by Crippen LogP contribution is 2.25. The van der Waals surface area contributed by atoms with Crippen molar-refractivity contribution < 1.29 is 12.8 Å². The molecule has 0 unspecified atom stereocenters. The zero-order chi connectivity index (χ0) is 18.1. The average molecular weight is 370 g/mol. The van der Waals surface area contributed by atoms with Crippen LogP contribution in [0.5, 0.6) is 0 Å². The summed E-state index contributed by atoms with van der Waals surface area (Å²) in [7, 11) is -3.56. The van der Waals surface area contributed by atoms with Crippen molar-refractivity contribution in [2.24, 2.45) is 0 Å². The molecule has 1 saturated heterocycles. The Morgan fingerprint density at radius 1 is 0.769 bits per heavy atom. The molecular weight excluding hydrogens is 351 g/mol. The SMILES string of the molecule is O=S(=O)(c1ccc2ccccc2c1)N1CCN(c2ccccc2F)CC1. The Morgan fingerprint density at radius 3 is 2.15 bits per heavy atom. The van der Waals surface area contributed by atoms with Crippen molar-refractivity contribution in [2.45, 2.75) is 4.90 Å². The molecule has 0 radical (unpaired) electrons. The highest BCUT2D eigenvalue weighted by molar-refractivity contribution is 7.89. The zero-order valence-corrected chi connectivity index (χ0v) is 15.0. The summed E-state index contributed by atoms with van der Waals surface area (Å²) in [5.74, 6) is -0.279. The first kappa shape index (κ1) is 17.0. The standard InChI is InChI=1S/C20H19FN2O2S/c21-19-7-3-4-8-20(19)22-11-13-23(14-12-22)26(24,25)18-10-9-16-5-1-2-6-17(16)15-18/h1-10,15H,11-14H2. The summed E-state index contributed by atoms with van der Waals surface area (Å²) in [5, 5.41) is 1.91. The minimum absolute atomic E-state index is 0.279. The van der Waals surface area contributed by atoms with Gasteiger partial charge in [-0.3, -0.25) is 0 Å². The summed E-state index contributed by atoms with van der Waals surface area (Å²) in [6, 6.07) is 19.5. The van der Waals surface area contributed by atoms with E-state index >= 15 is 0 Å². The maximum Gasteiger partial charge on any atom is 0.243 e. The lowest BCUT2D eigenvalue weighted by Crippen LogP contribution is -2.48. The maximum absolute atomic E-state index is 13.9. The Balaban J connectivity index is 1.55. The summed E-state index contributed by atoms with van der Waals surface area (Å²) < 4.78 is 41.4. The highest BCUT2D eigenvalue weighted by Gasteiger charge is 2.29. The normalized spacial score (nSPS) is 16.1. The van der Waals surface area contributed by atoms with E-state index in [-0.39, 0.29) is 5.82 Å². The van der Waals surface area contributed by atoms with Crippen molar-refractivity contribution in [1.82, 2.24) is 4.31 Å². The van der Waals surface area contributed by atoms with Gasteiger partial charge in [0.25, 0.3) is 0 Å². The monoisotopic (exact) mass is 370 g/mol. The number of benzene rings is 3. The molecule has 0 atom stereocenters. The smallest absolute Gasteiger partial charge is 0.243 e. The molecule has 4 nitrogen and oxygen atoms in total. The molecule has 26 heavy (non-hydrogen) atoms. The topological polar surface area (TPSA) is 40.6 Å². The number of rotatable bonds is 3. The summed E-state index contributed by atoms with van der Waals surface area (Å²) in [6.07, 6.45) is 0. The second-order valence-electron chi connectivity index (χ2n) is 6.35. The van der Waals surface area contributed by atoms with Gasteiger partial charge >= 0.3 is 0 Å².